The third kappa shape index (κ3) is 1.76. The summed E-state index contributed by atoms with van der Waals surface area (Å²) in [6.07, 6.45) is 4.22. The smallest absolute Gasteiger partial charge is 0.127 e. The second-order valence-electron chi connectivity index (χ2n) is 4.86. The van der Waals surface area contributed by atoms with Crippen LogP contribution in [0.15, 0.2) is 12.3 Å². The van der Waals surface area contributed by atoms with E-state index >= 15 is 0 Å². The van der Waals surface area contributed by atoms with Crippen molar-refractivity contribution in [2.24, 2.45) is 0 Å². The average Bonchev–Trinajstić information content (AvgIpc) is 2.93. The highest BCUT2D eigenvalue weighted by Crippen LogP contribution is 2.38. The molecule has 0 spiro atoms. The number of fused-ring (bicyclic) bond motifs is 1. The fourth-order valence-electron chi connectivity index (χ4n) is 2.72. The molecular weight excluding hydrogens is 248 g/mol. The summed E-state index contributed by atoms with van der Waals surface area (Å²) in [6, 6.07) is 2.41. The monoisotopic (exact) mass is 264 g/mol. The third-order valence-corrected chi connectivity index (χ3v) is 4.16. The number of hydrogen-bond acceptors (Lipinski definition) is 3. The molecule has 0 aromatic carbocycles. The zero-order chi connectivity index (χ0) is 12.7. The second kappa shape index (κ2) is 4.44. The van der Waals surface area contributed by atoms with E-state index in [1.807, 2.05) is 19.3 Å². The first kappa shape index (κ1) is 11.8. The van der Waals surface area contributed by atoms with Gasteiger partial charge in [0, 0.05) is 24.7 Å². The minimum Gasteiger partial charge on any atom is -0.373 e. The van der Waals surface area contributed by atoms with Gasteiger partial charge in [0.2, 0.25) is 0 Å². The van der Waals surface area contributed by atoms with Gasteiger partial charge in [0.25, 0.3) is 0 Å². The van der Waals surface area contributed by atoms with Crippen LogP contribution in [0.5, 0.6) is 0 Å². The van der Waals surface area contributed by atoms with Crippen LogP contribution in [0.1, 0.15) is 24.6 Å². The number of rotatable bonds is 2. The van der Waals surface area contributed by atoms with Crippen LogP contribution in [0.4, 0.5) is 5.82 Å². The molecule has 3 heterocycles. The van der Waals surface area contributed by atoms with E-state index in [0.29, 0.717) is 6.04 Å². The highest BCUT2D eigenvalue weighted by atomic mass is 35.5. The molecule has 0 amide bonds. The fraction of sp³-hybridized carbons (Fsp3) is 0.462. The van der Waals surface area contributed by atoms with E-state index < -0.39 is 0 Å². The van der Waals surface area contributed by atoms with Crippen LogP contribution < -0.4 is 5.32 Å². The third-order valence-electron chi connectivity index (χ3n) is 3.76. The van der Waals surface area contributed by atoms with Crippen molar-refractivity contribution in [1.29, 1.82) is 0 Å². The molecule has 1 fully saturated rings. The second-order valence-corrected chi connectivity index (χ2v) is 5.23. The number of pyridine rings is 1. The molecule has 2 aromatic rings. The van der Waals surface area contributed by atoms with Gasteiger partial charge >= 0.3 is 0 Å². The van der Waals surface area contributed by atoms with E-state index in [2.05, 4.69) is 27.2 Å². The Hall–Kier alpha value is -1.26. The minimum absolute atomic E-state index is 0.405. The average molecular weight is 265 g/mol. The van der Waals surface area contributed by atoms with Gasteiger partial charge in [0.05, 0.1) is 22.3 Å². The van der Waals surface area contributed by atoms with Crippen molar-refractivity contribution in [3.05, 3.63) is 23.0 Å². The molecule has 0 saturated carbocycles. The van der Waals surface area contributed by atoms with E-state index in [4.69, 9.17) is 11.6 Å². The summed E-state index contributed by atoms with van der Waals surface area (Å²) in [6.45, 7) is 1.14. The number of H-pyrrole nitrogens is 1. The van der Waals surface area contributed by atoms with Crippen LogP contribution in [0.25, 0.3) is 10.9 Å². The van der Waals surface area contributed by atoms with Crippen molar-refractivity contribution in [2.45, 2.75) is 18.9 Å². The molecule has 1 saturated heterocycles. The van der Waals surface area contributed by atoms with Gasteiger partial charge in [-0.3, -0.25) is 4.90 Å². The topological polar surface area (TPSA) is 44.0 Å². The van der Waals surface area contributed by atoms with Gasteiger partial charge in [-0.25, -0.2) is 4.98 Å². The summed E-state index contributed by atoms with van der Waals surface area (Å²) >= 11 is 6.48. The molecule has 96 valence electrons. The van der Waals surface area contributed by atoms with Crippen molar-refractivity contribution in [3.8, 4) is 0 Å². The molecule has 5 heteroatoms. The zero-order valence-electron chi connectivity index (χ0n) is 10.6. The first-order chi connectivity index (χ1) is 8.70. The van der Waals surface area contributed by atoms with Crippen LogP contribution in [0.2, 0.25) is 5.02 Å². The van der Waals surface area contributed by atoms with Crippen LogP contribution in [0, 0.1) is 0 Å². The summed E-state index contributed by atoms with van der Waals surface area (Å²) in [5.74, 6) is 0.853. The zero-order valence-corrected chi connectivity index (χ0v) is 11.4. The lowest BCUT2D eigenvalue weighted by Crippen LogP contribution is -2.17. The highest BCUT2D eigenvalue weighted by Gasteiger charge is 2.27. The largest absolute Gasteiger partial charge is 0.373 e. The van der Waals surface area contributed by atoms with E-state index in [1.165, 1.54) is 6.42 Å². The predicted octanol–water partition coefficient (Wildman–Crippen LogP) is 3.02. The van der Waals surface area contributed by atoms with Crippen LogP contribution in [0.3, 0.4) is 0 Å². The number of hydrogen-bond donors (Lipinski definition) is 2. The first-order valence-corrected chi connectivity index (χ1v) is 6.63. The van der Waals surface area contributed by atoms with Gasteiger partial charge in [-0.05, 0) is 26.4 Å². The number of anilines is 1. The van der Waals surface area contributed by atoms with E-state index in [1.54, 1.807) is 0 Å². The van der Waals surface area contributed by atoms with Gasteiger partial charge in [0.15, 0.2) is 0 Å². The molecule has 1 atom stereocenters. The van der Waals surface area contributed by atoms with Gasteiger partial charge in [-0.2, -0.15) is 0 Å². The Morgan fingerprint density at radius 2 is 2.39 bits per heavy atom. The fourth-order valence-corrected chi connectivity index (χ4v) is 3.04. The van der Waals surface area contributed by atoms with Crippen molar-refractivity contribution >= 4 is 28.3 Å². The summed E-state index contributed by atoms with van der Waals surface area (Å²) in [5.41, 5.74) is 2.18. The normalized spacial score (nSPS) is 20.7. The lowest BCUT2D eigenvalue weighted by molar-refractivity contribution is 0.313. The standard InChI is InChI=1S/C13H17ClN4/c1-15-11-6-9-8(7-16-11)12(14)13(17-9)10-4-3-5-18(10)2/h6-7,10,17H,3-5H2,1-2H3,(H,15,16). The van der Waals surface area contributed by atoms with Gasteiger partial charge in [-0.1, -0.05) is 11.6 Å². The summed E-state index contributed by atoms with van der Waals surface area (Å²) < 4.78 is 0. The van der Waals surface area contributed by atoms with E-state index in [0.717, 1.165) is 40.4 Å². The Labute approximate surface area is 111 Å². The van der Waals surface area contributed by atoms with Crippen LogP contribution >= 0.6 is 11.6 Å². The Balaban J connectivity index is 2.10. The summed E-state index contributed by atoms with van der Waals surface area (Å²) in [4.78, 5) is 10.1. The quantitative estimate of drug-likeness (QED) is 0.876. The van der Waals surface area contributed by atoms with Crippen molar-refractivity contribution in [2.75, 3.05) is 26.0 Å². The lowest BCUT2D eigenvalue weighted by atomic mass is 10.1. The molecule has 0 radical (unpaired) electrons. The minimum atomic E-state index is 0.405. The predicted molar refractivity (Wildman–Crippen MR) is 75.3 cm³/mol. The number of nitrogens with one attached hydrogen (secondary N) is 2. The maximum Gasteiger partial charge on any atom is 0.127 e. The van der Waals surface area contributed by atoms with E-state index in [-0.39, 0.29) is 0 Å². The maximum atomic E-state index is 6.48. The van der Waals surface area contributed by atoms with Gasteiger partial charge in [0.1, 0.15) is 5.82 Å². The number of aromatic nitrogens is 2. The number of likely N-dealkylation sites (tertiary alicyclic amines) is 1. The molecule has 0 bridgehead atoms. The molecule has 3 rings (SSSR count). The van der Waals surface area contributed by atoms with Crippen LogP contribution in [-0.4, -0.2) is 35.5 Å². The van der Waals surface area contributed by atoms with Crippen LogP contribution in [-0.2, 0) is 0 Å². The van der Waals surface area contributed by atoms with Gasteiger partial charge < -0.3 is 10.3 Å². The SMILES string of the molecule is CNc1cc2[nH]c(C3CCCN3C)c(Cl)c2cn1. The molecule has 18 heavy (non-hydrogen) atoms. The number of aromatic amines is 1. The molecular formula is C13H17ClN4. The number of halogens is 1. The molecule has 2 aromatic heterocycles. The Bertz CT molecular complexity index is 578. The molecule has 1 aliphatic rings. The molecule has 4 nitrogen and oxygen atoms in total. The molecule has 1 aliphatic heterocycles. The number of nitrogens with zero attached hydrogens (tertiary/aromatic N) is 2. The summed E-state index contributed by atoms with van der Waals surface area (Å²) in [5, 5.41) is 4.87. The van der Waals surface area contributed by atoms with Crippen molar-refractivity contribution < 1.29 is 0 Å². The van der Waals surface area contributed by atoms with E-state index in [9.17, 15) is 0 Å². The highest BCUT2D eigenvalue weighted by molar-refractivity contribution is 6.36. The lowest BCUT2D eigenvalue weighted by Gasteiger charge is -2.18. The molecule has 1 unspecified atom stereocenters. The maximum absolute atomic E-state index is 6.48. The Morgan fingerprint density at radius 1 is 1.56 bits per heavy atom. The molecule has 0 aliphatic carbocycles. The Kier molecular flexibility index (Phi) is 2.92. The van der Waals surface area contributed by atoms with Crippen molar-refractivity contribution in [3.63, 3.8) is 0 Å². The van der Waals surface area contributed by atoms with Crippen molar-refractivity contribution in [1.82, 2.24) is 14.9 Å². The Morgan fingerprint density at radius 3 is 3.06 bits per heavy atom. The molecule has 2 N–H and O–H groups in total. The first-order valence-electron chi connectivity index (χ1n) is 6.26. The van der Waals surface area contributed by atoms with Gasteiger partial charge in [-0.15, -0.1) is 0 Å². The summed E-state index contributed by atoms with van der Waals surface area (Å²) in [7, 11) is 4.02.